The fourth-order valence-electron chi connectivity index (χ4n) is 7.26. The number of hydrogen-bond acceptors (Lipinski definition) is 0. The van der Waals surface area contributed by atoms with Gasteiger partial charge >= 0.3 is 0 Å². The fourth-order valence-corrected chi connectivity index (χ4v) is 9.42. The third-order valence-corrected chi connectivity index (χ3v) is 12.8. The van der Waals surface area contributed by atoms with Crippen molar-refractivity contribution in [1.29, 1.82) is 0 Å². The van der Waals surface area contributed by atoms with Gasteiger partial charge in [0.2, 0.25) is 0 Å². The van der Waals surface area contributed by atoms with Crippen molar-refractivity contribution >= 4 is 118 Å². The van der Waals surface area contributed by atoms with E-state index in [0.717, 1.165) is 25.7 Å². The van der Waals surface area contributed by atoms with Gasteiger partial charge in [0.1, 0.15) is 0 Å². The van der Waals surface area contributed by atoms with Gasteiger partial charge < -0.3 is 0 Å². The Morgan fingerprint density at radius 2 is 0.543 bits per heavy atom. The van der Waals surface area contributed by atoms with Crippen LogP contribution >= 0.6 is 63.7 Å². The van der Waals surface area contributed by atoms with Crippen molar-refractivity contribution in [2.45, 2.75) is 105 Å². The molecule has 6 rings (SSSR count). The number of hydrogen-bond donors (Lipinski definition) is 0. The first-order valence-electron chi connectivity index (χ1n) is 17.4. The minimum atomic E-state index is 1.08. The van der Waals surface area contributed by atoms with E-state index in [4.69, 9.17) is 0 Å². The Bertz CT molecular complexity index is 1790. The SMILES string of the molecule is CCCCc1cc2c(cc1Br)c1cc(Br)c(CCCC)cc1c1c3cc(CCCC)c(Br)cc3c3cc(Br)c(CCCC)cc3c21. The summed E-state index contributed by atoms with van der Waals surface area (Å²) in [5.74, 6) is 0. The summed E-state index contributed by atoms with van der Waals surface area (Å²) in [7, 11) is 0. The first-order chi connectivity index (χ1) is 22.3. The second-order valence-electron chi connectivity index (χ2n) is 13.1. The van der Waals surface area contributed by atoms with Gasteiger partial charge in [0.15, 0.2) is 0 Å². The monoisotopic (exact) mass is 864 g/mol. The van der Waals surface area contributed by atoms with Gasteiger partial charge in [-0.05, 0) is 176 Å². The fraction of sp³-hybridized carbons (Fsp3) is 0.381. The summed E-state index contributed by atoms with van der Waals surface area (Å²) < 4.78 is 4.90. The van der Waals surface area contributed by atoms with Crippen molar-refractivity contribution in [3.05, 3.63) is 88.7 Å². The Morgan fingerprint density at radius 1 is 0.326 bits per heavy atom. The van der Waals surface area contributed by atoms with E-state index in [0.29, 0.717) is 0 Å². The van der Waals surface area contributed by atoms with Crippen LogP contribution in [0.2, 0.25) is 0 Å². The van der Waals surface area contributed by atoms with Gasteiger partial charge in [-0.15, -0.1) is 0 Å². The predicted octanol–water partition coefficient (Wildman–Crippen LogP) is 15.9. The number of rotatable bonds is 12. The topological polar surface area (TPSA) is 0 Å². The van der Waals surface area contributed by atoms with Gasteiger partial charge in [0.05, 0.1) is 0 Å². The molecule has 0 bridgehead atoms. The molecule has 0 fully saturated rings. The third kappa shape index (κ3) is 6.47. The van der Waals surface area contributed by atoms with E-state index in [1.54, 1.807) is 0 Å². The Balaban J connectivity index is 1.90. The molecule has 0 nitrogen and oxygen atoms in total. The number of fused-ring (bicyclic) bond motifs is 11. The van der Waals surface area contributed by atoms with E-state index in [9.17, 15) is 0 Å². The average molecular weight is 868 g/mol. The Morgan fingerprint density at radius 3 is 0.739 bits per heavy atom. The molecule has 4 heteroatoms. The first-order valence-corrected chi connectivity index (χ1v) is 20.5. The molecule has 46 heavy (non-hydrogen) atoms. The highest BCUT2D eigenvalue weighted by Gasteiger charge is 2.21. The first kappa shape index (κ1) is 34.4. The molecule has 0 heterocycles. The summed E-state index contributed by atoms with van der Waals surface area (Å²) in [5, 5.41) is 13.6. The van der Waals surface area contributed by atoms with Crippen LogP contribution in [0.4, 0.5) is 0 Å². The molecule has 0 amide bonds. The Hall–Kier alpha value is -1.46. The van der Waals surface area contributed by atoms with Gasteiger partial charge in [-0.3, -0.25) is 0 Å². The predicted molar refractivity (Wildman–Crippen MR) is 219 cm³/mol. The Labute approximate surface area is 308 Å². The van der Waals surface area contributed by atoms with E-state index in [1.807, 2.05) is 0 Å². The molecule has 0 aliphatic rings. The zero-order chi connectivity index (χ0) is 32.5. The maximum atomic E-state index is 4.02. The molecule has 0 spiro atoms. The van der Waals surface area contributed by atoms with Gasteiger partial charge in [0, 0.05) is 17.9 Å². The molecule has 0 radical (unpaired) electrons. The van der Waals surface area contributed by atoms with Crippen LogP contribution < -0.4 is 0 Å². The zero-order valence-corrected chi connectivity index (χ0v) is 34.0. The minimum absolute atomic E-state index is 1.08. The average Bonchev–Trinajstić information content (AvgIpc) is 3.04. The molecular formula is C42H44Br4. The van der Waals surface area contributed by atoms with Crippen LogP contribution in [0.15, 0.2) is 66.4 Å². The molecule has 0 aliphatic carbocycles. The van der Waals surface area contributed by atoms with Crippen molar-refractivity contribution < 1.29 is 0 Å². The lowest BCUT2D eigenvalue weighted by Gasteiger charge is -2.21. The maximum absolute atomic E-state index is 4.02. The molecule has 0 saturated carbocycles. The van der Waals surface area contributed by atoms with Crippen LogP contribution in [-0.2, 0) is 25.7 Å². The smallest absolute Gasteiger partial charge is 0.0213 e. The highest BCUT2D eigenvalue weighted by molar-refractivity contribution is 9.11. The van der Waals surface area contributed by atoms with Gasteiger partial charge in [-0.2, -0.15) is 0 Å². The van der Waals surface area contributed by atoms with Crippen molar-refractivity contribution in [2.24, 2.45) is 0 Å². The zero-order valence-electron chi connectivity index (χ0n) is 27.6. The van der Waals surface area contributed by atoms with Gasteiger partial charge in [0.25, 0.3) is 0 Å². The molecule has 6 aromatic rings. The van der Waals surface area contributed by atoms with Crippen molar-refractivity contribution in [2.75, 3.05) is 0 Å². The second kappa shape index (κ2) is 15.0. The number of unbranched alkanes of at least 4 members (excludes halogenated alkanes) is 4. The molecule has 0 atom stereocenters. The number of benzene rings is 6. The summed E-state index contributed by atoms with van der Waals surface area (Å²) in [6, 6.07) is 19.8. The molecular weight excluding hydrogens is 824 g/mol. The van der Waals surface area contributed by atoms with E-state index in [1.165, 1.54) is 145 Å². The standard InChI is InChI=1S/C42H44Br4/c1-5-9-13-25-17-33-29(21-37(25)43)30-22-38(44)27(15-11-7-3)19-35(30)42-36-20-28(16-12-8-4)40(46)24-32(36)31-23-39(45)26(14-10-6-2)18-34(31)41(33)42/h17-24H,5-16H2,1-4H3. The highest BCUT2D eigenvalue weighted by Crippen LogP contribution is 2.48. The van der Waals surface area contributed by atoms with E-state index in [-0.39, 0.29) is 0 Å². The molecule has 240 valence electrons. The summed E-state index contributed by atoms with van der Waals surface area (Å²) in [5.41, 5.74) is 5.63. The minimum Gasteiger partial charge on any atom is -0.0654 e. The molecule has 0 aromatic heterocycles. The third-order valence-electron chi connectivity index (χ3n) is 9.85. The van der Waals surface area contributed by atoms with Crippen LogP contribution in [-0.4, -0.2) is 0 Å². The molecule has 0 N–H and O–H groups in total. The van der Waals surface area contributed by atoms with E-state index < -0.39 is 0 Å². The van der Waals surface area contributed by atoms with Crippen molar-refractivity contribution in [3.63, 3.8) is 0 Å². The van der Waals surface area contributed by atoms with E-state index >= 15 is 0 Å². The lowest BCUT2D eigenvalue weighted by atomic mass is 9.84. The maximum Gasteiger partial charge on any atom is 0.0213 e. The van der Waals surface area contributed by atoms with E-state index in [2.05, 4.69) is 140 Å². The molecule has 0 saturated heterocycles. The van der Waals surface area contributed by atoms with Crippen LogP contribution in [0.25, 0.3) is 53.9 Å². The summed E-state index contributed by atoms with van der Waals surface area (Å²) in [4.78, 5) is 0. The largest absolute Gasteiger partial charge is 0.0654 e. The van der Waals surface area contributed by atoms with Crippen LogP contribution in [0, 0.1) is 0 Å². The molecule has 0 aliphatic heterocycles. The van der Waals surface area contributed by atoms with Crippen LogP contribution in [0.3, 0.4) is 0 Å². The summed E-state index contributed by atoms with van der Waals surface area (Å²) in [6.45, 7) is 9.15. The van der Waals surface area contributed by atoms with Crippen LogP contribution in [0.5, 0.6) is 0 Å². The number of aryl methyl sites for hydroxylation is 4. The Kier molecular flexibility index (Phi) is 11.2. The highest BCUT2D eigenvalue weighted by atomic mass is 79.9. The molecule has 6 aromatic carbocycles. The van der Waals surface area contributed by atoms with Gasteiger partial charge in [-0.1, -0.05) is 117 Å². The quantitative estimate of drug-likeness (QED) is 0.108. The lowest BCUT2D eigenvalue weighted by Crippen LogP contribution is -1.96. The number of halogens is 4. The summed E-state index contributed by atoms with van der Waals surface area (Å²) in [6.07, 6.45) is 13.8. The van der Waals surface area contributed by atoms with Crippen molar-refractivity contribution in [3.8, 4) is 0 Å². The van der Waals surface area contributed by atoms with Gasteiger partial charge in [-0.25, -0.2) is 0 Å². The second-order valence-corrected chi connectivity index (χ2v) is 16.5. The summed E-state index contributed by atoms with van der Waals surface area (Å²) >= 11 is 16.1. The van der Waals surface area contributed by atoms with Crippen LogP contribution in [0.1, 0.15) is 101 Å². The molecule has 0 unspecified atom stereocenters. The normalized spacial score (nSPS) is 12.1. The van der Waals surface area contributed by atoms with Crippen molar-refractivity contribution in [1.82, 2.24) is 0 Å². The lowest BCUT2D eigenvalue weighted by molar-refractivity contribution is 0.793.